The average molecular weight is 540 g/mol. The molecule has 2 aromatic carbocycles. The Balaban J connectivity index is 1.87. The number of Topliss-reactive ketones (excluding diaryl/α,β-unsaturated/α-hetero) is 2. The lowest BCUT2D eigenvalue weighted by Gasteiger charge is -2.38. The Labute approximate surface area is 231 Å². The summed E-state index contributed by atoms with van der Waals surface area (Å²) in [6.45, 7) is 0. The summed E-state index contributed by atoms with van der Waals surface area (Å²) >= 11 is 0. The predicted molar refractivity (Wildman–Crippen MR) is 144 cm³/mol. The van der Waals surface area contributed by atoms with Crippen molar-refractivity contribution in [3.8, 4) is 6.07 Å². The van der Waals surface area contributed by atoms with E-state index in [4.69, 9.17) is 9.47 Å². The second-order valence-corrected chi connectivity index (χ2v) is 10.2. The summed E-state index contributed by atoms with van der Waals surface area (Å²) in [5, 5.41) is 14.4. The zero-order chi connectivity index (χ0) is 28.5. The highest BCUT2D eigenvalue weighted by Gasteiger charge is 2.78. The molecule has 1 fully saturated rings. The number of nitrogens with zero attached hydrogens (tertiary/aromatic N) is 2. The summed E-state index contributed by atoms with van der Waals surface area (Å²) in [7, 11) is 2.25. The summed E-state index contributed by atoms with van der Waals surface area (Å²) < 4.78 is 10.2. The van der Waals surface area contributed by atoms with Crippen LogP contribution in [0.2, 0.25) is 0 Å². The number of nitriles is 1. The van der Waals surface area contributed by atoms with E-state index in [0.29, 0.717) is 5.56 Å². The molecule has 0 unspecified atom stereocenters. The number of ether oxygens (including phenoxy) is 2. The fraction of sp³-hybridized carbons (Fsp3) is 0.355. The van der Waals surface area contributed by atoms with Gasteiger partial charge in [-0.1, -0.05) is 73.9 Å². The number of nitrogens with one attached hydrogen (secondary N) is 1. The van der Waals surface area contributed by atoms with Crippen LogP contribution in [0.1, 0.15) is 58.4 Å². The number of ketones is 2. The fourth-order valence-corrected chi connectivity index (χ4v) is 6.39. The van der Waals surface area contributed by atoms with E-state index < -0.39 is 40.4 Å². The van der Waals surface area contributed by atoms with Crippen molar-refractivity contribution in [2.75, 3.05) is 14.2 Å². The van der Waals surface area contributed by atoms with Gasteiger partial charge in [-0.2, -0.15) is 5.26 Å². The van der Waals surface area contributed by atoms with Crippen molar-refractivity contribution in [2.24, 2.45) is 16.3 Å². The second kappa shape index (κ2) is 10.5. The molecule has 9 nitrogen and oxygen atoms in total. The van der Waals surface area contributed by atoms with Crippen LogP contribution < -0.4 is 5.32 Å². The summed E-state index contributed by atoms with van der Waals surface area (Å²) in [4.78, 5) is 60.7. The van der Waals surface area contributed by atoms with Gasteiger partial charge in [0.25, 0.3) is 0 Å². The number of hydrogen-bond donors (Lipinski definition) is 1. The van der Waals surface area contributed by atoms with Crippen LogP contribution in [-0.2, 0) is 19.1 Å². The van der Waals surface area contributed by atoms with Crippen LogP contribution in [0.25, 0.3) is 0 Å². The Hall–Kier alpha value is -4.58. The van der Waals surface area contributed by atoms with Crippen LogP contribution in [0.15, 0.2) is 70.9 Å². The minimum atomic E-state index is -2.43. The van der Waals surface area contributed by atoms with E-state index in [1.165, 1.54) is 18.3 Å². The topological polar surface area (TPSA) is 135 Å². The molecular formula is C31H29N3O6. The Bertz CT molecular complexity index is 1450. The molecule has 1 spiro atoms. The molecule has 3 aliphatic carbocycles. The monoisotopic (exact) mass is 539 g/mol. The van der Waals surface area contributed by atoms with Crippen LogP contribution in [0.4, 0.5) is 0 Å². The van der Waals surface area contributed by atoms with Crippen molar-refractivity contribution >= 4 is 29.7 Å². The zero-order valence-electron chi connectivity index (χ0n) is 22.3. The minimum Gasteiger partial charge on any atom is -0.469 e. The molecule has 0 amide bonds. The first-order chi connectivity index (χ1) is 19.4. The number of esters is 2. The van der Waals surface area contributed by atoms with Crippen molar-refractivity contribution in [1.29, 1.82) is 5.26 Å². The summed E-state index contributed by atoms with van der Waals surface area (Å²) in [6.07, 6.45) is 5.74. The van der Waals surface area contributed by atoms with E-state index in [2.05, 4.69) is 16.4 Å². The molecule has 1 N–H and O–H groups in total. The molecule has 0 radical (unpaired) electrons. The quantitative estimate of drug-likeness (QED) is 0.334. The number of methoxy groups -OCH3 is 2. The largest absolute Gasteiger partial charge is 0.469 e. The molecule has 0 saturated heterocycles. The number of fused-ring (bicyclic) bond motifs is 1. The van der Waals surface area contributed by atoms with Crippen molar-refractivity contribution < 1.29 is 28.7 Å². The van der Waals surface area contributed by atoms with Crippen molar-refractivity contribution in [1.82, 2.24) is 5.32 Å². The van der Waals surface area contributed by atoms with Gasteiger partial charge in [-0.05, 0) is 18.4 Å². The molecule has 9 heteroatoms. The van der Waals surface area contributed by atoms with Gasteiger partial charge in [0.2, 0.25) is 5.54 Å². The minimum absolute atomic E-state index is 0.0547. The van der Waals surface area contributed by atoms with Crippen LogP contribution >= 0.6 is 0 Å². The van der Waals surface area contributed by atoms with Gasteiger partial charge < -0.3 is 14.8 Å². The van der Waals surface area contributed by atoms with Crippen molar-refractivity contribution in [3.63, 3.8) is 0 Å². The third-order valence-corrected chi connectivity index (χ3v) is 8.22. The third kappa shape index (κ3) is 3.78. The number of carbonyl (C=O) groups is 4. The van der Waals surface area contributed by atoms with E-state index in [-0.39, 0.29) is 28.4 Å². The molecule has 5 rings (SSSR count). The van der Waals surface area contributed by atoms with Gasteiger partial charge >= 0.3 is 11.9 Å². The van der Waals surface area contributed by atoms with E-state index >= 15 is 0 Å². The summed E-state index contributed by atoms with van der Waals surface area (Å²) in [6, 6.07) is 17.0. The Kier molecular flexibility index (Phi) is 7.11. The van der Waals surface area contributed by atoms with Gasteiger partial charge in [0.05, 0.1) is 25.5 Å². The van der Waals surface area contributed by atoms with Gasteiger partial charge in [0.1, 0.15) is 12.0 Å². The Morgan fingerprint density at radius 2 is 1.55 bits per heavy atom. The van der Waals surface area contributed by atoms with E-state index in [1.54, 1.807) is 36.4 Å². The number of rotatable bonds is 6. The SMILES string of the molecule is COC(=O)C1=C(NC2CCCCC2)[C@@](C#N)(N=Cc2ccccc2)C2(C(=O)c3ccccc3C2=O)[C@@H]1C(=O)OC. The number of aliphatic imine (C=N–C) groups is 1. The molecule has 2 aromatic rings. The van der Waals surface area contributed by atoms with E-state index in [1.807, 2.05) is 6.07 Å². The highest BCUT2D eigenvalue weighted by Crippen LogP contribution is 2.61. The first-order valence-corrected chi connectivity index (χ1v) is 13.2. The van der Waals surface area contributed by atoms with Crippen LogP contribution in [0.3, 0.4) is 0 Å². The van der Waals surface area contributed by atoms with Gasteiger partial charge in [-0.3, -0.25) is 19.4 Å². The standard InChI is InChI=1S/C31H29N3O6/c1-39-28(37)23-24(29(38)40-2)31(26(35)21-15-9-10-16-22(21)27(31)36)30(18-32,33-17-19-11-5-3-6-12-19)25(23)34-20-13-7-4-8-14-20/h3,5-6,9-12,15-17,20,24,34H,4,7-8,13-14H2,1-2H3/t24-,30+/m0/s1. The van der Waals surface area contributed by atoms with E-state index in [9.17, 15) is 24.4 Å². The smallest absolute Gasteiger partial charge is 0.336 e. The van der Waals surface area contributed by atoms with Gasteiger partial charge in [0.15, 0.2) is 17.0 Å². The lowest BCUT2D eigenvalue weighted by atomic mass is 9.62. The summed E-state index contributed by atoms with van der Waals surface area (Å²) in [5.74, 6) is -5.26. The van der Waals surface area contributed by atoms with Gasteiger partial charge in [-0.15, -0.1) is 0 Å². The molecule has 0 bridgehead atoms. The first-order valence-electron chi connectivity index (χ1n) is 13.2. The molecule has 204 valence electrons. The van der Waals surface area contributed by atoms with Gasteiger partial charge in [-0.25, -0.2) is 4.79 Å². The maximum atomic E-state index is 14.5. The van der Waals surface area contributed by atoms with Crippen LogP contribution in [0.5, 0.6) is 0 Å². The van der Waals surface area contributed by atoms with Crippen molar-refractivity contribution in [2.45, 2.75) is 43.7 Å². The predicted octanol–water partition coefficient (Wildman–Crippen LogP) is 3.59. The molecule has 0 aliphatic heterocycles. The molecule has 1 saturated carbocycles. The average Bonchev–Trinajstić information content (AvgIpc) is 3.39. The third-order valence-electron chi connectivity index (χ3n) is 8.22. The maximum Gasteiger partial charge on any atom is 0.336 e. The van der Waals surface area contributed by atoms with Crippen molar-refractivity contribution in [3.05, 3.63) is 82.6 Å². The number of hydrogen-bond acceptors (Lipinski definition) is 9. The van der Waals surface area contributed by atoms with Crippen LogP contribution in [0, 0.1) is 22.7 Å². The highest BCUT2D eigenvalue weighted by molar-refractivity contribution is 6.34. The molecule has 40 heavy (non-hydrogen) atoms. The first kappa shape index (κ1) is 27.0. The number of benzene rings is 2. The highest BCUT2D eigenvalue weighted by atomic mass is 16.5. The van der Waals surface area contributed by atoms with Crippen LogP contribution in [-0.4, -0.2) is 55.5 Å². The normalized spacial score (nSPS) is 23.8. The van der Waals surface area contributed by atoms with E-state index in [0.717, 1.165) is 46.3 Å². The molecule has 0 heterocycles. The summed E-state index contributed by atoms with van der Waals surface area (Å²) in [5.41, 5.74) is -4.37. The number of carbonyl (C=O) groups excluding carboxylic acids is 4. The lowest BCUT2D eigenvalue weighted by molar-refractivity contribution is -0.149. The fourth-order valence-electron chi connectivity index (χ4n) is 6.39. The second-order valence-electron chi connectivity index (χ2n) is 10.2. The van der Waals surface area contributed by atoms with Gasteiger partial charge in [0, 0.05) is 23.4 Å². The maximum absolute atomic E-state index is 14.5. The molecular weight excluding hydrogens is 510 g/mol. The Morgan fingerprint density at radius 1 is 0.950 bits per heavy atom. The molecule has 0 aromatic heterocycles. The molecule has 3 aliphatic rings. The lowest BCUT2D eigenvalue weighted by Crippen LogP contribution is -2.58. The molecule has 2 atom stereocenters. The Morgan fingerprint density at radius 3 is 2.10 bits per heavy atom. The zero-order valence-corrected chi connectivity index (χ0v) is 22.3.